The van der Waals surface area contributed by atoms with Crippen LogP contribution in [0.3, 0.4) is 0 Å². The van der Waals surface area contributed by atoms with E-state index in [9.17, 15) is 22.8 Å². The normalized spacial score (nSPS) is 11.8. The van der Waals surface area contributed by atoms with Crippen molar-refractivity contribution in [2.24, 2.45) is 14.1 Å². The SMILES string of the molecule is Cc1ccccc1C(=O)Nc1cc2c(cc1S(=O)(=O)C(C)C)n(C)c(=O)c(=O)n2C. The molecule has 0 saturated carbocycles. The van der Waals surface area contributed by atoms with E-state index in [1.165, 1.54) is 40.1 Å². The third-order valence-electron chi connectivity index (χ3n) is 5.16. The molecule has 0 aliphatic heterocycles. The van der Waals surface area contributed by atoms with Crippen molar-refractivity contribution in [2.75, 3.05) is 5.32 Å². The number of nitrogens with one attached hydrogen (secondary N) is 1. The summed E-state index contributed by atoms with van der Waals surface area (Å²) < 4.78 is 28.3. The predicted molar refractivity (Wildman–Crippen MR) is 116 cm³/mol. The lowest BCUT2D eigenvalue weighted by Crippen LogP contribution is -2.39. The smallest absolute Gasteiger partial charge is 0.316 e. The number of hydrogen-bond donors (Lipinski definition) is 1. The Balaban J connectivity index is 2.34. The van der Waals surface area contributed by atoms with Crippen molar-refractivity contribution < 1.29 is 13.2 Å². The minimum Gasteiger partial charge on any atom is -0.321 e. The van der Waals surface area contributed by atoms with Crippen LogP contribution in [0.2, 0.25) is 0 Å². The van der Waals surface area contributed by atoms with Gasteiger partial charge in [-0.05, 0) is 44.5 Å². The Hall–Kier alpha value is -3.20. The minimum absolute atomic E-state index is 0.0538. The Bertz CT molecular complexity index is 1400. The third-order valence-corrected chi connectivity index (χ3v) is 7.35. The monoisotopic (exact) mass is 429 g/mol. The Morgan fingerprint density at radius 3 is 2.03 bits per heavy atom. The molecule has 2 aromatic carbocycles. The maximum absolute atomic E-state index is 13.0. The number of aromatic nitrogens is 2. The van der Waals surface area contributed by atoms with Gasteiger partial charge < -0.3 is 14.5 Å². The molecule has 8 nitrogen and oxygen atoms in total. The van der Waals surface area contributed by atoms with E-state index < -0.39 is 32.1 Å². The van der Waals surface area contributed by atoms with Gasteiger partial charge in [0.1, 0.15) is 0 Å². The molecule has 9 heteroatoms. The summed E-state index contributed by atoms with van der Waals surface area (Å²) in [5.41, 5.74) is 0.271. The lowest BCUT2D eigenvalue weighted by Gasteiger charge is -2.18. The van der Waals surface area contributed by atoms with Gasteiger partial charge in [0.25, 0.3) is 5.91 Å². The van der Waals surface area contributed by atoms with Gasteiger partial charge >= 0.3 is 11.1 Å². The largest absolute Gasteiger partial charge is 0.321 e. The molecule has 1 heterocycles. The summed E-state index contributed by atoms with van der Waals surface area (Å²) in [6.07, 6.45) is 0. The van der Waals surface area contributed by atoms with Crippen LogP contribution in [0.25, 0.3) is 11.0 Å². The van der Waals surface area contributed by atoms with Crippen LogP contribution in [-0.4, -0.2) is 28.7 Å². The average Bonchev–Trinajstić information content (AvgIpc) is 2.70. The molecule has 0 bridgehead atoms. The summed E-state index contributed by atoms with van der Waals surface area (Å²) in [5.74, 6) is -0.470. The summed E-state index contributed by atoms with van der Waals surface area (Å²) in [4.78, 5) is 37.2. The zero-order valence-electron chi connectivity index (χ0n) is 17.4. The summed E-state index contributed by atoms with van der Waals surface area (Å²) in [5, 5.41) is 1.92. The molecule has 0 unspecified atom stereocenters. The second-order valence-electron chi connectivity index (χ2n) is 7.43. The molecular formula is C21H23N3O5S. The van der Waals surface area contributed by atoms with Gasteiger partial charge in [-0.1, -0.05) is 18.2 Å². The zero-order valence-corrected chi connectivity index (χ0v) is 18.2. The molecule has 0 aliphatic rings. The molecule has 158 valence electrons. The maximum atomic E-state index is 13.0. The van der Waals surface area contributed by atoms with E-state index in [-0.39, 0.29) is 16.1 Å². The average molecular weight is 429 g/mol. The highest BCUT2D eigenvalue weighted by Crippen LogP contribution is 2.30. The van der Waals surface area contributed by atoms with E-state index in [4.69, 9.17) is 0 Å². The van der Waals surface area contributed by atoms with Crippen molar-refractivity contribution in [1.29, 1.82) is 0 Å². The molecule has 1 N–H and O–H groups in total. The molecule has 1 amide bonds. The summed E-state index contributed by atoms with van der Waals surface area (Å²) in [6, 6.07) is 9.68. The standard InChI is InChI=1S/C21H23N3O5S/c1-12(2)30(28,29)18-11-17-16(23(4)20(26)21(27)24(17)5)10-15(18)22-19(25)14-9-7-6-8-13(14)3/h6-12H,1-5H3,(H,22,25). The highest BCUT2D eigenvalue weighted by Gasteiger charge is 2.26. The number of sulfone groups is 1. The molecule has 30 heavy (non-hydrogen) atoms. The molecule has 0 spiro atoms. The fourth-order valence-corrected chi connectivity index (χ4v) is 4.41. The molecular weight excluding hydrogens is 406 g/mol. The molecule has 1 aromatic heterocycles. The van der Waals surface area contributed by atoms with Gasteiger partial charge in [0.05, 0.1) is 26.9 Å². The maximum Gasteiger partial charge on any atom is 0.316 e. The van der Waals surface area contributed by atoms with E-state index in [0.29, 0.717) is 11.1 Å². The number of carbonyl (C=O) groups is 1. The number of aryl methyl sites for hydroxylation is 3. The van der Waals surface area contributed by atoms with E-state index >= 15 is 0 Å². The van der Waals surface area contributed by atoms with Gasteiger partial charge in [-0.15, -0.1) is 0 Å². The fourth-order valence-electron chi connectivity index (χ4n) is 3.21. The van der Waals surface area contributed by atoms with Crippen molar-refractivity contribution in [2.45, 2.75) is 30.9 Å². The molecule has 0 atom stereocenters. The topological polar surface area (TPSA) is 107 Å². The van der Waals surface area contributed by atoms with Crippen LogP contribution < -0.4 is 16.4 Å². The number of benzene rings is 2. The fraction of sp³-hybridized carbons (Fsp3) is 0.286. The second kappa shape index (κ2) is 7.56. The highest BCUT2D eigenvalue weighted by molar-refractivity contribution is 7.92. The van der Waals surface area contributed by atoms with Crippen LogP contribution in [-0.2, 0) is 23.9 Å². The molecule has 3 aromatic rings. The van der Waals surface area contributed by atoms with E-state index in [1.54, 1.807) is 31.2 Å². The first-order valence-corrected chi connectivity index (χ1v) is 10.9. The molecule has 0 radical (unpaired) electrons. The first-order chi connectivity index (χ1) is 14.0. The number of rotatable bonds is 4. The molecule has 0 saturated heterocycles. The van der Waals surface area contributed by atoms with Crippen molar-refractivity contribution in [3.63, 3.8) is 0 Å². The van der Waals surface area contributed by atoms with E-state index in [1.807, 2.05) is 0 Å². The van der Waals surface area contributed by atoms with Gasteiger partial charge in [-0.3, -0.25) is 14.4 Å². The van der Waals surface area contributed by atoms with Crippen molar-refractivity contribution in [3.05, 3.63) is 68.2 Å². The van der Waals surface area contributed by atoms with Crippen LogP contribution in [0.1, 0.15) is 29.8 Å². The number of nitrogens with zero attached hydrogens (tertiary/aromatic N) is 2. The summed E-state index contributed by atoms with van der Waals surface area (Å²) in [7, 11) is -0.975. The molecule has 3 rings (SSSR count). The van der Waals surface area contributed by atoms with Crippen molar-refractivity contribution in [3.8, 4) is 0 Å². The first kappa shape index (κ1) is 21.5. The Labute approximate surface area is 173 Å². The minimum atomic E-state index is -3.81. The van der Waals surface area contributed by atoms with Gasteiger partial charge in [-0.2, -0.15) is 0 Å². The van der Waals surface area contributed by atoms with Gasteiger partial charge in [-0.25, -0.2) is 8.42 Å². The number of fused-ring (bicyclic) bond motifs is 1. The second-order valence-corrected chi connectivity index (χ2v) is 9.90. The summed E-state index contributed by atoms with van der Waals surface area (Å²) in [6.45, 7) is 4.85. The summed E-state index contributed by atoms with van der Waals surface area (Å²) >= 11 is 0. The third kappa shape index (κ3) is 3.45. The predicted octanol–water partition coefficient (Wildman–Crippen LogP) is 1.98. The van der Waals surface area contributed by atoms with Crippen molar-refractivity contribution >= 4 is 32.5 Å². The van der Waals surface area contributed by atoms with Crippen LogP contribution >= 0.6 is 0 Å². The quantitative estimate of drug-likeness (QED) is 0.638. The van der Waals surface area contributed by atoms with Crippen molar-refractivity contribution in [1.82, 2.24) is 9.13 Å². The molecule has 0 fully saturated rings. The lowest BCUT2D eigenvalue weighted by atomic mass is 10.1. The van der Waals surface area contributed by atoms with E-state index in [2.05, 4.69) is 5.32 Å². The number of hydrogen-bond acceptors (Lipinski definition) is 5. The van der Waals surface area contributed by atoms with E-state index in [0.717, 1.165) is 14.7 Å². The zero-order chi connectivity index (χ0) is 22.4. The van der Waals surface area contributed by atoms with Crippen LogP contribution in [0, 0.1) is 6.92 Å². The first-order valence-electron chi connectivity index (χ1n) is 9.31. The Kier molecular flexibility index (Phi) is 5.42. The number of anilines is 1. The lowest BCUT2D eigenvalue weighted by molar-refractivity contribution is 0.102. The highest BCUT2D eigenvalue weighted by atomic mass is 32.2. The molecule has 0 aliphatic carbocycles. The number of carbonyl (C=O) groups excluding carboxylic acids is 1. The van der Waals surface area contributed by atoms with Gasteiger partial charge in [0.15, 0.2) is 9.84 Å². The van der Waals surface area contributed by atoms with Crippen LogP contribution in [0.5, 0.6) is 0 Å². The van der Waals surface area contributed by atoms with Gasteiger partial charge in [0, 0.05) is 19.7 Å². The van der Waals surface area contributed by atoms with Crippen LogP contribution in [0.4, 0.5) is 5.69 Å². The Morgan fingerprint density at radius 1 is 0.967 bits per heavy atom. The Morgan fingerprint density at radius 2 is 1.50 bits per heavy atom. The van der Waals surface area contributed by atoms with Crippen LogP contribution in [0.15, 0.2) is 50.9 Å². The number of amides is 1. The van der Waals surface area contributed by atoms with Gasteiger partial charge in [0.2, 0.25) is 0 Å².